The molecule has 0 aliphatic carbocycles. The van der Waals surface area contributed by atoms with Crippen molar-refractivity contribution in [1.82, 2.24) is 0 Å². The number of hydrogen-bond acceptors (Lipinski definition) is 5. The van der Waals surface area contributed by atoms with E-state index in [4.69, 9.17) is 4.74 Å². The number of hydrogen-bond donors (Lipinski definition) is 0. The van der Waals surface area contributed by atoms with Gasteiger partial charge in [-0.3, -0.25) is 9.59 Å². The van der Waals surface area contributed by atoms with E-state index in [1.165, 1.54) is 21.3 Å². The summed E-state index contributed by atoms with van der Waals surface area (Å²) in [5.41, 5.74) is 0.709. The molecule has 0 heterocycles. The van der Waals surface area contributed by atoms with Gasteiger partial charge in [-0.1, -0.05) is 30.3 Å². The lowest BCUT2D eigenvalue weighted by Crippen LogP contribution is -2.33. The summed E-state index contributed by atoms with van der Waals surface area (Å²) in [5, 5.41) is 0. The second-order valence-electron chi connectivity index (χ2n) is 3.59. The van der Waals surface area contributed by atoms with E-state index >= 15 is 0 Å². The summed E-state index contributed by atoms with van der Waals surface area (Å²) in [6, 6.07) is 8.97. The second kappa shape index (κ2) is 6.76. The minimum Gasteiger partial charge on any atom is -0.468 e. The highest BCUT2D eigenvalue weighted by molar-refractivity contribution is 5.95. The first-order valence-electron chi connectivity index (χ1n) is 5.39. The number of benzene rings is 1. The molecule has 5 heteroatoms. The van der Waals surface area contributed by atoms with E-state index in [0.717, 1.165) is 0 Å². The van der Waals surface area contributed by atoms with Crippen molar-refractivity contribution in [3.8, 4) is 0 Å². The molecular formula is C13H16O5. The summed E-state index contributed by atoms with van der Waals surface area (Å²) in [6.45, 7) is 0. The smallest absolute Gasteiger partial charge is 0.323 e. The van der Waals surface area contributed by atoms with Gasteiger partial charge < -0.3 is 14.2 Å². The molecule has 18 heavy (non-hydrogen) atoms. The van der Waals surface area contributed by atoms with Gasteiger partial charge in [-0.2, -0.15) is 0 Å². The van der Waals surface area contributed by atoms with Crippen LogP contribution in [-0.2, 0) is 23.8 Å². The zero-order chi connectivity index (χ0) is 13.5. The number of esters is 2. The molecule has 5 nitrogen and oxygen atoms in total. The number of rotatable bonds is 5. The highest BCUT2D eigenvalue weighted by Gasteiger charge is 2.38. The van der Waals surface area contributed by atoms with Crippen LogP contribution in [0.1, 0.15) is 11.7 Å². The molecule has 1 atom stereocenters. The van der Waals surface area contributed by atoms with E-state index in [-0.39, 0.29) is 0 Å². The van der Waals surface area contributed by atoms with Crippen LogP contribution in [0.4, 0.5) is 0 Å². The standard InChI is InChI=1S/C13H16O5/c1-16-11(9-7-5-4-6-8-9)10(12(14)17-2)13(15)18-3/h4-8,10-11H,1-3H3. The third-order valence-electron chi connectivity index (χ3n) is 2.60. The third kappa shape index (κ3) is 3.07. The summed E-state index contributed by atoms with van der Waals surface area (Å²) >= 11 is 0. The van der Waals surface area contributed by atoms with E-state index in [0.29, 0.717) is 5.56 Å². The molecule has 0 spiro atoms. The SMILES string of the molecule is COC(=O)C(C(=O)OC)C(OC)c1ccccc1. The van der Waals surface area contributed by atoms with Gasteiger partial charge in [0.1, 0.15) is 6.10 Å². The van der Waals surface area contributed by atoms with Crippen molar-refractivity contribution in [2.24, 2.45) is 5.92 Å². The number of carbonyl (C=O) groups excluding carboxylic acids is 2. The van der Waals surface area contributed by atoms with Crippen LogP contribution < -0.4 is 0 Å². The molecule has 0 saturated carbocycles. The fraction of sp³-hybridized carbons (Fsp3) is 0.385. The molecule has 0 aliphatic rings. The lowest BCUT2D eigenvalue weighted by Gasteiger charge is -2.22. The predicted molar refractivity (Wildman–Crippen MR) is 63.7 cm³/mol. The zero-order valence-electron chi connectivity index (χ0n) is 10.6. The minimum atomic E-state index is -1.13. The Morgan fingerprint density at radius 2 is 1.44 bits per heavy atom. The van der Waals surface area contributed by atoms with Crippen molar-refractivity contribution < 1.29 is 23.8 Å². The van der Waals surface area contributed by atoms with E-state index in [1.807, 2.05) is 6.07 Å². The third-order valence-corrected chi connectivity index (χ3v) is 2.60. The summed E-state index contributed by atoms with van der Waals surface area (Å²) < 4.78 is 14.5. The van der Waals surface area contributed by atoms with Crippen molar-refractivity contribution in [1.29, 1.82) is 0 Å². The molecule has 0 amide bonds. The quantitative estimate of drug-likeness (QED) is 0.584. The Hall–Kier alpha value is -1.88. The highest BCUT2D eigenvalue weighted by Crippen LogP contribution is 2.27. The van der Waals surface area contributed by atoms with E-state index < -0.39 is 24.0 Å². The fourth-order valence-corrected chi connectivity index (χ4v) is 1.70. The van der Waals surface area contributed by atoms with Crippen LogP contribution in [-0.4, -0.2) is 33.3 Å². The summed E-state index contributed by atoms with van der Waals surface area (Å²) in [4.78, 5) is 23.4. The summed E-state index contributed by atoms with van der Waals surface area (Å²) in [6.07, 6.45) is -0.730. The van der Waals surface area contributed by atoms with Crippen LogP contribution in [0.25, 0.3) is 0 Å². The Kier molecular flexibility index (Phi) is 5.32. The molecule has 0 radical (unpaired) electrons. The van der Waals surface area contributed by atoms with Gasteiger partial charge in [0.25, 0.3) is 0 Å². The van der Waals surface area contributed by atoms with Crippen LogP contribution in [0.5, 0.6) is 0 Å². The number of carbonyl (C=O) groups is 2. The van der Waals surface area contributed by atoms with Gasteiger partial charge in [-0.15, -0.1) is 0 Å². The Balaban J connectivity index is 3.09. The van der Waals surface area contributed by atoms with Gasteiger partial charge >= 0.3 is 11.9 Å². The normalized spacial score (nSPS) is 12.0. The molecule has 0 aromatic heterocycles. The fourth-order valence-electron chi connectivity index (χ4n) is 1.70. The number of ether oxygens (including phenoxy) is 3. The maximum Gasteiger partial charge on any atom is 0.323 e. The molecule has 1 rings (SSSR count). The van der Waals surface area contributed by atoms with Crippen molar-refractivity contribution in [2.45, 2.75) is 6.10 Å². The second-order valence-corrected chi connectivity index (χ2v) is 3.59. The van der Waals surface area contributed by atoms with E-state index in [1.54, 1.807) is 24.3 Å². The van der Waals surface area contributed by atoms with Gasteiger partial charge in [0.15, 0.2) is 5.92 Å². The molecule has 1 aromatic rings. The average Bonchev–Trinajstić information content (AvgIpc) is 2.44. The van der Waals surface area contributed by atoms with Gasteiger partial charge in [0.05, 0.1) is 14.2 Å². The molecule has 0 saturated heterocycles. The Labute approximate surface area is 106 Å². The first-order valence-corrected chi connectivity index (χ1v) is 5.39. The highest BCUT2D eigenvalue weighted by atomic mass is 16.6. The molecular weight excluding hydrogens is 236 g/mol. The molecule has 0 fully saturated rings. The lowest BCUT2D eigenvalue weighted by atomic mass is 9.95. The number of methoxy groups -OCH3 is 3. The molecule has 98 valence electrons. The van der Waals surface area contributed by atoms with Crippen molar-refractivity contribution in [3.05, 3.63) is 35.9 Å². The lowest BCUT2D eigenvalue weighted by molar-refractivity contribution is -0.165. The van der Waals surface area contributed by atoms with Crippen molar-refractivity contribution in [2.75, 3.05) is 21.3 Å². The van der Waals surface area contributed by atoms with Crippen LogP contribution >= 0.6 is 0 Å². The van der Waals surface area contributed by atoms with Gasteiger partial charge in [0.2, 0.25) is 0 Å². The monoisotopic (exact) mass is 252 g/mol. The van der Waals surface area contributed by atoms with Gasteiger partial charge in [-0.25, -0.2) is 0 Å². The molecule has 0 aliphatic heterocycles. The predicted octanol–water partition coefficient (Wildman–Crippen LogP) is 1.34. The van der Waals surface area contributed by atoms with Gasteiger partial charge in [0, 0.05) is 7.11 Å². The molecule has 0 N–H and O–H groups in total. The summed E-state index contributed by atoms with van der Waals surface area (Å²) in [5.74, 6) is -2.50. The van der Waals surface area contributed by atoms with Crippen LogP contribution in [0, 0.1) is 5.92 Å². The van der Waals surface area contributed by atoms with E-state index in [9.17, 15) is 9.59 Å². The first-order chi connectivity index (χ1) is 8.65. The van der Waals surface area contributed by atoms with Crippen molar-refractivity contribution in [3.63, 3.8) is 0 Å². The van der Waals surface area contributed by atoms with Crippen LogP contribution in [0.15, 0.2) is 30.3 Å². The Morgan fingerprint density at radius 1 is 0.944 bits per heavy atom. The van der Waals surface area contributed by atoms with Crippen LogP contribution in [0.2, 0.25) is 0 Å². The maximum atomic E-state index is 11.7. The average molecular weight is 252 g/mol. The topological polar surface area (TPSA) is 61.8 Å². The van der Waals surface area contributed by atoms with E-state index in [2.05, 4.69) is 9.47 Å². The molecule has 0 bridgehead atoms. The zero-order valence-corrected chi connectivity index (χ0v) is 10.6. The first kappa shape index (κ1) is 14.2. The molecule has 1 aromatic carbocycles. The molecule has 1 unspecified atom stereocenters. The van der Waals surface area contributed by atoms with Crippen LogP contribution in [0.3, 0.4) is 0 Å². The Morgan fingerprint density at radius 3 is 1.83 bits per heavy atom. The minimum absolute atomic E-state index is 0.683. The van der Waals surface area contributed by atoms with Crippen molar-refractivity contribution >= 4 is 11.9 Å². The van der Waals surface area contributed by atoms with Gasteiger partial charge in [-0.05, 0) is 5.56 Å². The Bertz CT molecular complexity index is 385. The maximum absolute atomic E-state index is 11.7. The summed E-state index contributed by atoms with van der Waals surface area (Å²) in [7, 11) is 3.86. The largest absolute Gasteiger partial charge is 0.468 e.